The van der Waals surface area contributed by atoms with Crippen LogP contribution in [-0.4, -0.2) is 9.55 Å². The Balaban J connectivity index is 2.94. The molecule has 0 spiro atoms. The van der Waals surface area contributed by atoms with E-state index in [1.54, 1.807) is 0 Å². The first kappa shape index (κ1) is 12.0. The van der Waals surface area contributed by atoms with Gasteiger partial charge in [0, 0.05) is 12.7 Å². The van der Waals surface area contributed by atoms with Gasteiger partial charge in [0.05, 0.1) is 5.69 Å². The SMILES string of the molecule is CC/C=C(\CC)c1cn(CCC)c(C)n1. The maximum Gasteiger partial charge on any atom is 0.106 e. The molecule has 0 bridgehead atoms. The number of hydrogen-bond donors (Lipinski definition) is 0. The molecule has 2 heteroatoms. The van der Waals surface area contributed by atoms with Gasteiger partial charge in [-0.15, -0.1) is 0 Å². The van der Waals surface area contributed by atoms with Crippen molar-refractivity contribution in [2.75, 3.05) is 0 Å². The monoisotopic (exact) mass is 206 g/mol. The van der Waals surface area contributed by atoms with Gasteiger partial charge in [-0.1, -0.05) is 26.8 Å². The van der Waals surface area contributed by atoms with Crippen LogP contribution < -0.4 is 0 Å². The Bertz CT molecular complexity index is 334. The van der Waals surface area contributed by atoms with Crippen molar-refractivity contribution in [2.45, 2.75) is 53.5 Å². The third-order valence-electron chi connectivity index (χ3n) is 2.60. The molecule has 84 valence electrons. The lowest BCUT2D eigenvalue weighted by atomic mass is 10.1. The summed E-state index contributed by atoms with van der Waals surface area (Å²) in [6, 6.07) is 0. The van der Waals surface area contributed by atoms with Crippen LogP contribution in [-0.2, 0) is 6.54 Å². The molecule has 0 aliphatic heterocycles. The molecule has 0 aliphatic rings. The van der Waals surface area contributed by atoms with E-state index in [-0.39, 0.29) is 0 Å². The maximum absolute atomic E-state index is 4.61. The number of allylic oxidation sites excluding steroid dienone is 2. The van der Waals surface area contributed by atoms with Crippen molar-refractivity contribution < 1.29 is 0 Å². The van der Waals surface area contributed by atoms with Crippen molar-refractivity contribution in [1.29, 1.82) is 0 Å². The van der Waals surface area contributed by atoms with Gasteiger partial charge in [0.25, 0.3) is 0 Å². The van der Waals surface area contributed by atoms with Crippen LogP contribution in [0.5, 0.6) is 0 Å². The predicted molar refractivity (Wildman–Crippen MR) is 65.8 cm³/mol. The molecule has 0 N–H and O–H groups in total. The number of imidazole rings is 1. The molecule has 0 aliphatic carbocycles. The van der Waals surface area contributed by atoms with Gasteiger partial charge in [-0.3, -0.25) is 0 Å². The Morgan fingerprint density at radius 1 is 1.40 bits per heavy atom. The number of hydrogen-bond acceptors (Lipinski definition) is 1. The zero-order valence-electron chi connectivity index (χ0n) is 10.4. The fourth-order valence-electron chi connectivity index (χ4n) is 1.81. The third-order valence-corrected chi connectivity index (χ3v) is 2.60. The second kappa shape index (κ2) is 5.74. The van der Waals surface area contributed by atoms with Gasteiger partial charge in [-0.05, 0) is 31.8 Å². The van der Waals surface area contributed by atoms with E-state index in [9.17, 15) is 0 Å². The predicted octanol–water partition coefficient (Wildman–Crippen LogP) is 3.80. The van der Waals surface area contributed by atoms with Crippen LogP contribution in [0.3, 0.4) is 0 Å². The molecule has 0 saturated heterocycles. The van der Waals surface area contributed by atoms with Crippen molar-refractivity contribution in [3.8, 4) is 0 Å². The molecule has 0 amide bonds. The quantitative estimate of drug-likeness (QED) is 0.716. The maximum atomic E-state index is 4.61. The van der Waals surface area contributed by atoms with Crippen LogP contribution in [0, 0.1) is 6.92 Å². The number of nitrogens with zero attached hydrogens (tertiary/aromatic N) is 2. The van der Waals surface area contributed by atoms with Crippen molar-refractivity contribution in [1.82, 2.24) is 9.55 Å². The molecule has 0 fully saturated rings. The Morgan fingerprint density at radius 3 is 2.67 bits per heavy atom. The highest BCUT2D eigenvalue weighted by molar-refractivity contribution is 5.61. The minimum absolute atomic E-state index is 1.07. The smallest absolute Gasteiger partial charge is 0.106 e. The van der Waals surface area contributed by atoms with Gasteiger partial charge in [0.1, 0.15) is 5.82 Å². The third kappa shape index (κ3) is 2.95. The lowest BCUT2D eigenvalue weighted by Gasteiger charge is -2.00. The first-order valence-corrected chi connectivity index (χ1v) is 5.96. The van der Waals surface area contributed by atoms with Gasteiger partial charge in [-0.2, -0.15) is 0 Å². The molecule has 0 unspecified atom stereocenters. The number of rotatable bonds is 5. The summed E-state index contributed by atoms with van der Waals surface area (Å²) in [6.45, 7) is 9.71. The van der Waals surface area contributed by atoms with Crippen LogP contribution in [0.4, 0.5) is 0 Å². The summed E-state index contributed by atoms with van der Waals surface area (Å²) in [5.74, 6) is 1.13. The summed E-state index contributed by atoms with van der Waals surface area (Å²) >= 11 is 0. The molecule has 1 aromatic heterocycles. The summed E-state index contributed by atoms with van der Waals surface area (Å²) in [6.07, 6.45) is 7.77. The summed E-state index contributed by atoms with van der Waals surface area (Å²) in [5.41, 5.74) is 2.53. The Kier molecular flexibility index (Phi) is 4.60. The van der Waals surface area contributed by atoms with E-state index >= 15 is 0 Å². The second-order valence-electron chi connectivity index (χ2n) is 3.86. The first-order chi connectivity index (χ1) is 7.22. The molecule has 0 atom stereocenters. The Hall–Kier alpha value is -1.05. The van der Waals surface area contributed by atoms with Crippen molar-refractivity contribution in [3.63, 3.8) is 0 Å². The molecule has 1 heterocycles. The molecule has 1 aromatic rings. The fourth-order valence-corrected chi connectivity index (χ4v) is 1.81. The van der Waals surface area contributed by atoms with E-state index < -0.39 is 0 Å². The molecule has 1 rings (SSSR count). The van der Waals surface area contributed by atoms with Gasteiger partial charge < -0.3 is 4.57 Å². The van der Waals surface area contributed by atoms with Gasteiger partial charge in [0.15, 0.2) is 0 Å². The highest BCUT2D eigenvalue weighted by atomic mass is 15.1. The first-order valence-electron chi connectivity index (χ1n) is 5.96. The molecule has 2 nitrogen and oxygen atoms in total. The normalized spacial score (nSPS) is 12.1. The van der Waals surface area contributed by atoms with Crippen LogP contribution in [0.25, 0.3) is 5.57 Å². The topological polar surface area (TPSA) is 17.8 Å². The lowest BCUT2D eigenvalue weighted by molar-refractivity contribution is 0.658. The summed E-state index contributed by atoms with van der Waals surface area (Å²) in [5, 5.41) is 0. The van der Waals surface area contributed by atoms with Crippen LogP contribution in [0.2, 0.25) is 0 Å². The summed E-state index contributed by atoms with van der Waals surface area (Å²) < 4.78 is 2.24. The fraction of sp³-hybridized carbons (Fsp3) is 0.615. The second-order valence-corrected chi connectivity index (χ2v) is 3.86. The van der Waals surface area contributed by atoms with E-state index in [1.165, 1.54) is 5.57 Å². The summed E-state index contributed by atoms with van der Waals surface area (Å²) in [7, 11) is 0. The zero-order valence-corrected chi connectivity index (χ0v) is 10.4. The number of aryl methyl sites for hydroxylation is 2. The average molecular weight is 206 g/mol. The average Bonchev–Trinajstić information content (AvgIpc) is 2.57. The lowest BCUT2D eigenvalue weighted by Crippen LogP contribution is -1.96. The largest absolute Gasteiger partial charge is 0.335 e. The molecular weight excluding hydrogens is 184 g/mol. The van der Waals surface area contributed by atoms with Gasteiger partial charge in [0.2, 0.25) is 0 Å². The zero-order chi connectivity index (χ0) is 11.3. The molecule has 15 heavy (non-hydrogen) atoms. The minimum Gasteiger partial charge on any atom is -0.335 e. The Morgan fingerprint density at radius 2 is 2.13 bits per heavy atom. The molecule has 0 radical (unpaired) electrons. The van der Waals surface area contributed by atoms with E-state index in [0.29, 0.717) is 0 Å². The van der Waals surface area contributed by atoms with Gasteiger partial charge >= 0.3 is 0 Å². The van der Waals surface area contributed by atoms with Crippen LogP contribution >= 0.6 is 0 Å². The molecular formula is C13H22N2. The van der Waals surface area contributed by atoms with Crippen LogP contribution in [0.1, 0.15) is 51.6 Å². The number of aromatic nitrogens is 2. The minimum atomic E-state index is 1.07. The van der Waals surface area contributed by atoms with Gasteiger partial charge in [-0.25, -0.2) is 4.98 Å². The summed E-state index contributed by atoms with van der Waals surface area (Å²) in [4.78, 5) is 4.61. The van der Waals surface area contributed by atoms with E-state index in [4.69, 9.17) is 0 Å². The van der Waals surface area contributed by atoms with Crippen molar-refractivity contribution >= 4 is 5.57 Å². The standard InChI is InChI=1S/C13H22N2/c1-5-8-12(7-3)13-10-15(9-6-2)11(4)14-13/h8,10H,5-7,9H2,1-4H3/b12-8+. The van der Waals surface area contributed by atoms with Crippen molar-refractivity contribution in [2.24, 2.45) is 0 Å². The molecule has 0 aromatic carbocycles. The van der Waals surface area contributed by atoms with Crippen molar-refractivity contribution in [3.05, 3.63) is 23.8 Å². The highest BCUT2D eigenvalue weighted by Gasteiger charge is 2.06. The Labute approximate surface area is 93.0 Å². The van der Waals surface area contributed by atoms with E-state index in [0.717, 1.165) is 37.3 Å². The van der Waals surface area contributed by atoms with Crippen LogP contribution in [0.15, 0.2) is 12.3 Å². The van der Waals surface area contributed by atoms with E-state index in [2.05, 4.69) is 49.5 Å². The highest BCUT2D eigenvalue weighted by Crippen LogP contribution is 2.18. The molecule has 0 saturated carbocycles. The van der Waals surface area contributed by atoms with E-state index in [1.807, 2.05) is 0 Å².